The third kappa shape index (κ3) is 12.6. The van der Waals surface area contributed by atoms with Crippen LogP contribution < -0.4 is 21.3 Å². The maximum atomic E-state index is 13.7. The Kier molecular flexibility index (Phi) is 15.0. The molecule has 49 heavy (non-hydrogen) atoms. The van der Waals surface area contributed by atoms with Crippen molar-refractivity contribution in [2.45, 2.75) is 56.8 Å². The number of phenols is 1. The smallest absolute Gasteiger partial charge is 0.331 e. The topological polar surface area (TPSA) is 254 Å². The average Bonchev–Trinajstić information content (AvgIpc) is 3.64. The monoisotopic (exact) mass is 687 g/mol. The molecule has 0 unspecified atom stereocenters. The first-order chi connectivity index (χ1) is 23.5. The minimum Gasteiger partial charge on any atom is -0.569 e. The van der Waals surface area contributed by atoms with E-state index in [1.165, 1.54) is 29.3 Å². The quantitative estimate of drug-likeness (QED) is 0.0237. The lowest BCUT2D eigenvalue weighted by Gasteiger charge is -2.25. The Morgan fingerprint density at radius 2 is 1.31 bits per heavy atom. The van der Waals surface area contributed by atoms with E-state index < -0.39 is 73.8 Å². The number of amides is 4. The zero-order chi connectivity index (χ0) is 35.8. The molecule has 3 rings (SSSR count). The highest BCUT2D eigenvalue weighted by Crippen LogP contribution is 2.13. The highest BCUT2D eigenvalue weighted by atomic mass is 16.8. The SMILES string of the molecule is CC(=O)N[C@@H](CO)C(=O)N[C@@H](CO)C(=O)N[C@@H](Cc1ccccc1)C(=O)N[C@@H](Cc1ccc(O)cc1)C(=O)OCO/N=[N+](\[O-])N1CCCC1. The van der Waals surface area contributed by atoms with Gasteiger partial charge in [0.1, 0.15) is 29.9 Å². The van der Waals surface area contributed by atoms with Crippen molar-refractivity contribution in [3.8, 4) is 5.75 Å². The highest BCUT2D eigenvalue weighted by Gasteiger charge is 2.32. The van der Waals surface area contributed by atoms with Crippen molar-refractivity contribution in [2.24, 2.45) is 5.28 Å². The number of esters is 1. The first kappa shape index (κ1) is 38.0. The first-order valence-corrected chi connectivity index (χ1v) is 15.4. The summed E-state index contributed by atoms with van der Waals surface area (Å²) in [5, 5.41) is 55.2. The van der Waals surface area contributed by atoms with E-state index in [0.717, 1.165) is 19.8 Å². The van der Waals surface area contributed by atoms with Gasteiger partial charge >= 0.3 is 5.97 Å². The van der Waals surface area contributed by atoms with Gasteiger partial charge in [-0.3, -0.25) is 19.2 Å². The molecular weight excluding hydrogens is 646 g/mol. The molecule has 266 valence electrons. The molecule has 0 aliphatic carbocycles. The molecule has 1 aliphatic rings. The molecular formula is C31H41N7O11. The van der Waals surface area contributed by atoms with Crippen LogP contribution in [0.15, 0.2) is 59.9 Å². The summed E-state index contributed by atoms with van der Waals surface area (Å²) in [5.41, 5.74) is 1.14. The van der Waals surface area contributed by atoms with Gasteiger partial charge in [-0.15, -0.1) is 5.01 Å². The fraction of sp³-hybridized carbons (Fsp3) is 0.452. The van der Waals surface area contributed by atoms with Crippen LogP contribution in [0.2, 0.25) is 0 Å². The van der Waals surface area contributed by atoms with Gasteiger partial charge in [-0.2, -0.15) is 0 Å². The summed E-state index contributed by atoms with van der Waals surface area (Å²) < 4.78 is 5.13. The number of nitrogens with one attached hydrogen (secondary N) is 4. The molecule has 18 heteroatoms. The maximum Gasteiger partial charge on any atom is 0.331 e. The molecule has 4 amide bonds. The lowest BCUT2D eigenvalue weighted by Crippen LogP contribution is -2.59. The van der Waals surface area contributed by atoms with E-state index in [1.54, 1.807) is 30.3 Å². The van der Waals surface area contributed by atoms with E-state index in [2.05, 4.69) is 26.5 Å². The predicted molar refractivity (Wildman–Crippen MR) is 168 cm³/mol. The maximum absolute atomic E-state index is 13.7. The number of rotatable bonds is 18. The molecule has 2 aromatic rings. The number of ether oxygens (including phenoxy) is 1. The molecule has 0 aromatic heterocycles. The fourth-order valence-corrected chi connectivity index (χ4v) is 4.75. The Bertz CT molecular complexity index is 1440. The Labute approximate surface area is 281 Å². The Morgan fingerprint density at radius 3 is 1.90 bits per heavy atom. The third-order valence-electron chi connectivity index (χ3n) is 7.29. The summed E-state index contributed by atoms with van der Waals surface area (Å²) >= 11 is 0. The van der Waals surface area contributed by atoms with Crippen LogP contribution in [-0.4, -0.2) is 112 Å². The summed E-state index contributed by atoms with van der Waals surface area (Å²) in [5.74, 6) is -4.37. The van der Waals surface area contributed by atoms with Crippen LogP contribution in [-0.2, 0) is 46.4 Å². The normalized spacial score (nSPS) is 15.2. The molecule has 18 nitrogen and oxygen atoms in total. The number of carbonyl (C=O) groups is 5. The fourth-order valence-electron chi connectivity index (χ4n) is 4.75. The predicted octanol–water partition coefficient (Wildman–Crippen LogP) is -1.47. The van der Waals surface area contributed by atoms with Gasteiger partial charge in [0.2, 0.25) is 28.9 Å². The van der Waals surface area contributed by atoms with Gasteiger partial charge in [0.05, 0.1) is 31.3 Å². The van der Waals surface area contributed by atoms with Crippen molar-refractivity contribution >= 4 is 29.6 Å². The van der Waals surface area contributed by atoms with Crippen molar-refractivity contribution < 1.29 is 53.8 Å². The average molecular weight is 688 g/mol. The number of hydrazine groups is 1. The molecule has 0 spiro atoms. The lowest BCUT2D eigenvalue weighted by molar-refractivity contribution is -0.708. The van der Waals surface area contributed by atoms with E-state index in [9.17, 15) is 44.5 Å². The number of hydrogen-bond donors (Lipinski definition) is 7. The number of carbonyl (C=O) groups excluding carboxylic acids is 5. The van der Waals surface area contributed by atoms with Gasteiger partial charge in [0.15, 0.2) is 0 Å². The summed E-state index contributed by atoms with van der Waals surface area (Å²) in [6.07, 6.45) is 1.46. The van der Waals surface area contributed by atoms with Gasteiger partial charge in [-0.25, -0.2) is 4.79 Å². The number of aliphatic hydroxyl groups excluding tert-OH is 2. The number of phenolic OH excluding ortho intramolecular Hbond substituents is 1. The van der Waals surface area contributed by atoms with Gasteiger partial charge in [0, 0.05) is 19.8 Å². The zero-order valence-electron chi connectivity index (χ0n) is 26.8. The van der Waals surface area contributed by atoms with E-state index >= 15 is 0 Å². The molecule has 1 heterocycles. The molecule has 7 N–H and O–H groups in total. The van der Waals surface area contributed by atoms with E-state index in [1.807, 2.05) is 0 Å². The second kappa shape index (κ2) is 19.4. The number of aromatic hydroxyl groups is 1. The van der Waals surface area contributed by atoms with Gasteiger partial charge in [-0.05, 0) is 36.1 Å². The van der Waals surface area contributed by atoms with Gasteiger partial charge < -0.3 is 51.4 Å². The lowest BCUT2D eigenvalue weighted by atomic mass is 10.0. The molecule has 0 bridgehead atoms. The summed E-state index contributed by atoms with van der Waals surface area (Å²) in [6.45, 7) is -0.291. The Morgan fingerprint density at radius 1 is 0.796 bits per heavy atom. The van der Waals surface area contributed by atoms with E-state index in [0.29, 0.717) is 24.2 Å². The second-order valence-corrected chi connectivity index (χ2v) is 11.1. The minimum atomic E-state index is -1.58. The van der Waals surface area contributed by atoms with Crippen molar-refractivity contribution in [1.82, 2.24) is 26.3 Å². The number of benzene rings is 2. The number of nitrogens with zero attached hydrogens (tertiary/aromatic N) is 3. The van der Waals surface area contributed by atoms with Crippen molar-refractivity contribution in [3.63, 3.8) is 0 Å². The summed E-state index contributed by atoms with van der Waals surface area (Å²) in [7, 11) is 0. The molecule has 1 aliphatic heterocycles. The van der Waals surface area contributed by atoms with Crippen molar-refractivity contribution in [1.29, 1.82) is 0 Å². The van der Waals surface area contributed by atoms with Gasteiger partial charge in [-0.1, -0.05) is 42.5 Å². The molecule has 2 aromatic carbocycles. The Hall–Kier alpha value is -5.49. The standard InChI is InChI=1S/C31H41N7O11/c1-20(41)32-26(17-39)29(44)35-27(18-40)30(45)33-24(15-21-7-3-2-4-8-21)28(43)34-25(16-22-9-11-23(42)12-10-22)31(46)48-19-49-36-38(47)37-13-5-6-14-37/h2-4,7-12,24-27,39-40,42H,5-6,13-19H2,1H3,(H,32,41)(H,33,45)(H,34,43)(H,35,44)/b38-36-/t24-,25-,26-,27-/m0/s1. The molecule has 0 saturated carbocycles. The third-order valence-corrected chi connectivity index (χ3v) is 7.29. The minimum absolute atomic E-state index is 0.0272. The van der Waals surface area contributed by atoms with Crippen molar-refractivity contribution in [3.05, 3.63) is 70.9 Å². The second-order valence-electron chi connectivity index (χ2n) is 11.1. The molecule has 0 radical (unpaired) electrons. The van der Waals surface area contributed by atoms with Gasteiger partial charge in [0.25, 0.3) is 6.79 Å². The number of aliphatic hydroxyl groups is 2. The van der Waals surface area contributed by atoms with E-state index in [-0.39, 0.29) is 23.6 Å². The van der Waals surface area contributed by atoms with Crippen LogP contribution in [0, 0.1) is 5.21 Å². The summed E-state index contributed by atoms with van der Waals surface area (Å²) in [6, 6.07) is 8.70. The van der Waals surface area contributed by atoms with Crippen LogP contribution in [0.25, 0.3) is 0 Å². The van der Waals surface area contributed by atoms with E-state index in [4.69, 9.17) is 9.57 Å². The molecule has 1 fully saturated rings. The van der Waals surface area contributed by atoms with Crippen LogP contribution in [0.3, 0.4) is 0 Å². The first-order valence-electron chi connectivity index (χ1n) is 15.4. The Balaban J connectivity index is 1.77. The number of hydrogen-bond acceptors (Lipinski definition) is 12. The van der Waals surface area contributed by atoms with Crippen molar-refractivity contribution in [2.75, 3.05) is 33.1 Å². The summed E-state index contributed by atoms with van der Waals surface area (Å²) in [4.78, 5) is 69.1. The van der Waals surface area contributed by atoms with Crippen LogP contribution in [0.5, 0.6) is 5.75 Å². The van der Waals surface area contributed by atoms with Crippen LogP contribution in [0.4, 0.5) is 0 Å². The highest BCUT2D eigenvalue weighted by molar-refractivity contribution is 5.95. The van der Waals surface area contributed by atoms with Crippen LogP contribution in [0.1, 0.15) is 30.9 Å². The molecule has 4 atom stereocenters. The zero-order valence-corrected chi connectivity index (χ0v) is 26.8. The largest absolute Gasteiger partial charge is 0.569 e. The molecule has 1 saturated heterocycles. The van der Waals surface area contributed by atoms with Crippen LogP contribution >= 0.6 is 0 Å².